The number of hydrogen-bond donors (Lipinski definition) is 3. The van der Waals surface area contributed by atoms with Crippen LogP contribution in [0.5, 0.6) is 5.75 Å². The maximum atomic E-state index is 12.5. The minimum atomic E-state index is -0.0616. The van der Waals surface area contributed by atoms with Gasteiger partial charge in [-0.15, -0.1) is 0 Å². The number of urea groups is 1. The monoisotopic (exact) mass is 535 g/mol. The van der Waals surface area contributed by atoms with Crippen LogP contribution < -0.4 is 21.1 Å². The van der Waals surface area contributed by atoms with Crippen LogP contribution in [0.1, 0.15) is 61.7 Å². The van der Waals surface area contributed by atoms with Crippen molar-refractivity contribution in [3.05, 3.63) is 41.7 Å². The lowest BCUT2D eigenvalue weighted by atomic mass is 10.0. The summed E-state index contributed by atoms with van der Waals surface area (Å²) in [4.78, 5) is 35.9. The Morgan fingerprint density at radius 1 is 1.05 bits per heavy atom. The van der Waals surface area contributed by atoms with Gasteiger partial charge >= 0.3 is 6.03 Å². The summed E-state index contributed by atoms with van der Waals surface area (Å²) in [5.74, 6) is 1.79. The molecule has 2 aliphatic rings. The van der Waals surface area contributed by atoms with Gasteiger partial charge in [-0.2, -0.15) is 11.8 Å². The van der Waals surface area contributed by atoms with E-state index in [-0.39, 0.29) is 42.8 Å². The van der Waals surface area contributed by atoms with Crippen molar-refractivity contribution in [2.45, 2.75) is 68.7 Å². The van der Waals surface area contributed by atoms with Crippen molar-refractivity contribution >= 4 is 29.4 Å². The van der Waals surface area contributed by atoms with Gasteiger partial charge in [0.05, 0.1) is 18.4 Å². The van der Waals surface area contributed by atoms with Gasteiger partial charge in [-0.05, 0) is 49.9 Å². The van der Waals surface area contributed by atoms with Gasteiger partial charge in [-0.3, -0.25) is 9.59 Å². The number of Topliss-reactive ketones (excluding diaryl/α,β-unsaturated/α-hetero) is 2. The molecule has 0 saturated carbocycles. The third kappa shape index (κ3) is 9.75. The number of benzene rings is 1. The van der Waals surface area contributed by atoms with Crippen molar-refractivity contribution in [3.63, 3.8) is 0 Å². The predicted octanol–water partition coefficient (Wildman–Crippen LogP) is 3.93. The first-order valence-corrected chi connectivity index (χ1v) is 14.1. The van der Waals surface area contributed by atoms with E-state index in [1.54, 1.807) is 24.3 Å². The van der Waals surface area contributed by atoms with Gasteiger partial charge in [-0.1, -0.05) is 6.42 Å². The summed E-state index contributed by atoms with van der Waals surface area (Å²) < 4.78 is 23.6. The Labute approximate surface area is 222 Å². The number of carbonyl (C=O) groups is 3. The number of nitrogens with two attached hydrogens (primary N) is 1. The number of rotatable bonds is 18. The Morgan fingerprint density at radius 3 is 2.51 bits per heavy atom. The predicted molar refractivity (Wildman–Crippen MR) is 143 cm³/mol. The number of ether oxygens (including phenoxy) is 2. The zero-order valence-corrected chi connectivity index (χ0v) is 22.0. The molecule has 0 radical (unpaired) electrons. The largest absolute Gasteiger partial charge is 0.489 e. The number of hydrogen-bond acceptors (Lipinski definition) is 7. The molecule has 0 aliphatic carbocycles. The second-order valence-electron chi connectivity index (χ2n) is 9.43. The van der Waals surface area contributed by atoms with Crippen molar-refractivity contribution in [1.82, 2.24) is 10.6 Å². The zero-order chi connectivity index (χ0) is 26.5. The highest BCUT2D eigenvalue weighted by molar-refractivity contribution is 8.00. The van der Waals surface area contributed by atoms with Crippen LogP contribution in [0.4, 0.5) is 9.18 Å². The van der Waals surface area contributed by atoms with Crippen LogP contribution in [0.15, 0.2) is 36.2 Å². The van der Waals surface area contributed by atoms with Crippen LogP contribution in [0.3, 0.4) is 0 Å². The summed E-state index contributed by atoms with van der Waals surface area (Å²) in [6.07, 6.45) is 6.14. The van der Waals surface area contributed by atoms with Crippen LogP contribution in [0, 0.1) is 0 Å². The van der Waals surface area contributed by atoms with Gasteiger partial charge in [0.1, 0.15) is 18.1 Å². The second kappa shape index (κ2) is 15.7. The SMILES string of the molecule is NC/C(=C\F)COc1ccc(C(=O)CCCOCCCC(=O)CCCCC2SCC3NC(=O)NC32)cc1. The number of amides is 2. The molecule has 8 nitrogen and oxygen atoms in total. The van der Waals surface area contributed by atoms with Crippen LogP contribution in [0.2, 0.25) is 0 Å². The van der Waals surface area contributed by atoms with Gasteiger partial charge in [0.15, 0.2) is 5.78 Å². The first kappa shape index (κ1) is 29.1. The summed E-state index contributed by atoms with van der Waals surface area (Å²) in [5, 5.41) is 6.39. The summed E-state index contributed by atoms with van der Waals surface area (Å²) in [7, 11) is 0. The van der Waals surface area contributed by atoms with E-state index in [2.05, 4.69) is 10.6 Å². The summed E-state index contributed by atoms with van der Waals surface area (Å²) in [6.45, 7) is 1.15. The lowest BCUT2D eigenvalue weighted by molar-refractivity contribution is -0.119. The highest BCUT2D eigenvalue weighted by Crippen LogP contribution is 2.33. The normalized spacial score (nSPS) is 20.9. The molecule has 0 bridgehead atoms. The Morgan fingerprint density at radius 2 is 1.78 bits per heavy atom. The van der Waals surface area contributed by atoms with E-state index in [9.17, 15) is 18.8 Å². The Bertz CT molecular complexity index is 927. The summed E-state index contributed by atoms with van der Waals surface area (Å²) in [5.41, 5.74) is 6.34. The molecule has 2 heterocycles. The lowest BCUT2D eigenvalue weighted by Gasteiger charge is -2.16. The van der Waals surface area contributed by atoms with Gasteiger partial charge in [0, 0.05) is 61.2 Å². The van der Waals surface area contributed by atoms with Crippen molar-refractivity contribution < 1.29 is 28.2 Å². The van der Waals surface area contributed by atoms with Crippen molar-refractivity contribution in [3.8, 4) is 5.75 Å². The molecule has 1 aromatic carbocycles. The highest BCUT2D eigenvalue weighted by Gasteiger charge is 2.42. The molecule has 3 atom stereocenters. The van der Waals surface area contributed by atoms with Crippen LogP contribution in [-0.4, -0.2) is 67.0 Å². The molecule has 204 valence electrons. The molecule has 2 saturated heterocycles. The van der Waals surface area contributed by atoms with Gasteiger partial charge < -0.3 is 25.8 Å². The molecular formula is C27H38FN3O5S. The molecular weight excluding hydrogens is 497 g/mol. The van der Waals surface area contributed by atoms with Crippen molar-refractivity contribution in [2.24, 2.45) is 5.73 Å². The average Bonchev–Trinajstić information content (AvgIpc) is 3.46. The fourth-order valence-electron chi connectivity index (χ4n) is 4.44. The number of ketones is 2. The van der Waals surface area contributed by atoms with Gasteiger partial charge in [-0.25, -0.2) is 9.18 Å². The number of nitrogens with one attached hydrogen (secondary N) is 2. The second-order valence-corrected chi connectivity index (χ2v) is 10.7. The molecule has 1 aromatic rings. The average molecular weight is 536 g/mol. The highest BCUT2D eigenvalue weighted by atomic mass is 32.2. The smallest absolute Gasteiger partial charge is 0.315 e. The van der Waals surface area contributed by atoms with Crippen LogP contribution >= 0.6 is 11.8 Å². The van der Waals surface area contributed by atoms with E-state index in [0.29, 0.717) is 73.8 Å². The first-order valence-electron chi connectivity index (χ1n) is 13.0. The van der Waals surface area contributed by atoms with Crippen LogP contribution in [0.25, 0.3) is 0 Å². The van der Waals surface area contributed by atoms with E-state index in [1.807, 2.05) is 11.8 Å². The minimum Gasteiger partial charge on any atom is -0.489 e. The number of thioether (sulfide) groups is 1. The number of carbonyl (C=O) groups excluding carboxylic acids is 3. The first-order chi connectivity index (χ1) is 18.0. The van der Waals surface area contributed by atoms with E-state index in [1.165, 1.54) is 0 Å². The van der Waals surface area contributed by atoms with Gasteiger partial charge in [0.2, 0.25) is 0 Å². The number of fused-ring (bicyclic) bond motifs is 1. The van der Waals surface area contributed by atoms with E-state index in [0.717, 1.165) is 25.0 Å². The van der Waals surface area contributed by atoms with E-state index < -0.39 is 0 Å². The standard InChI is InChI=1S/C27H38FN3O5S/c28-15-19(16-29)17-36-22-11-9-20(10-12-22)24(33)7-4-14-35-13-3-6-21(32)5-1-2-8-25-26-23(18-37-25)30-27(34)31-26/h9-12,15,23,25-26H,1-8,13-14,16-18,29H2,(H2,30,31,34)/b19-15+. The minimum absolute atomic E-state index is 0.0229. The summed E-state index contributed by atoms with van der Waals surface area (Å²) >= 11 is 1.90. The molecule has 3 rings (SSSR count). The van der Waals surface area contributed by atoms with Gasteiger partial charge in [0.25, 0.3) is 0 Å². The molecule has 0 spiro atoms. The third-order valence-corrected chi connectivity index (χ3v) is 8.09. The third-order valence-electron chi connectivity index (χ3n) is 6.59. The molecule has 3 unspecified atom stereocenters. The quantitative estimate of drug-likeness (QED) is 0.148. The van der Waals surface area contributed by atoms with Crippen LogP contribution in [-0.2, 0) is 9.53 Å². The topological polar surface area (TPSA) is 120 Å². The fraction of sp³-hybridized carbons (Fsp3) is 0.593. The van der Waals surface area contributed by atoms with E-state index in [4.69, 9.17) is 15.2 Å². The fourth-order valence-corrected chi connectivity index (χ4v) is 5.98. The molecule has 10 heteroatoms. The molecule has 2 aliphatic heterocycles. The number of unbranched alkanes of at least 4 members (excludes halogenated alkanes) is 1. The molecule has 2 fully saturated rings. The Kier molecular flexibility index (Phi) is 12.4. The summed E-state index contributed by atoms with van der Waals surface area (Å²) in [6, 6.07) is 7.16. The molecule has 0 aromatic heterocycles. The Hall–Kier alpha value is -2.43. The van der Waals surface area contributed by atoms with Crippen molar-refractivity contribution in [2.75, 3.05) is 32.1 Å². The van der Waals surface area contributed by atoms with Crippen molar-refractivity contribution in [1.29, 1.82) is 0 Å². The maximum absolute atomic E-state index is 12.5. The van der Waals surface area contributed by atoms with E-state index >= 15 is 0 Å². The molecule has 4 N–H and O–H groups in total. The molecule has 37 heavy (non-hydrogen) atoms. The maximum Gasteiger partial charge on any atom is 0.315 e. The molecule has 2 amide bonds. The Balaban J connectivity index is 1.16. The number of halogens is 1. The lowest BCUT2D eigenvalue weighted by Crippen LogP contribution is -2.36. The zero-order valence-electron chi connectivity index (χ0n) is 21.2.